The van der Waals surface area contributed by atoms with Gasteiger partial charge in [-0.3, -0.25) is 0 Å². The number of hydrogen-bond donors (Lipinski definition) is 0. The maximum absolute atomic E-state index is 13.0. The Balaban J connectivity index is 1.77. The fraction of sp³-hybridized carbons (Fsp3) is 0.500. The minimum Gasteiger partial charge on any atom is -0.372 e. The molecule has 4 heteroatoms. The third kappa shape index (κ3) is 8.43. The van der Waals surface area contributed by atoms with Crippen molar-refractivity contribution in [3.8, 4) is 0 Å². The summed E-state index contributed by atoms with van der Waals surface area (Å²) in [5.41, 5.74) is 0.974. The number of benzene rings is 1. The van der Waals surface area contributed by atoms with E-state index in [1.165, 1.54) is 50.7 Å². The van der Waals surface area contributed by atoms with Crippen LogP contribution in [0.2, 0.25) is 0 Å². The Bertz CT molecular complexity index is 608. The van der Waals surface area contributed by atoms with Gasteiger partial charge < -0.3 is 9.30 Å². The van der Waals surface area contributed by atoms with Crippen LogP contribution in [0, 0.1) is 5.82 Å². The topological polar surface area (TPSA) is 27.1 Å². The molecular weight excluding hydrogens is 327 g/mol. The van der Waals surface area contributed by atoms with Crippen molar-refractivity contribution >= 4 is 6.08 Å². The van der Waals surface area contributed by atoms with Gasteiger partial charge >= 0.3 is 0 Å². The molecule has 0 aliphatic heterocycles. The van der Waals surface area contributed by atoms with Gasteiger partial charge in [0.25, 0.3) is 0 Å². The first kappa shape index (κ1) is 20.4. The number of aromatic nitrogens is 2. The summed E-state index contributed by atoms with van der Waals surface area (Å²) in [5.74, 6) is -0.215. The first-order chi connectivity index (χ1) is 12.8. The van der Waals surface area contributed by atoms with Crippen molar-refractivity contribution in [2.45, 2.75) is 64.5 Å². The van der Waals surface area contributed by atoms with Gasteiger partial charge in [0.1, 0.15) is 5.82 Å². The van der Waals surface area contributed by atoms with Gasteiger partial charge in [-0.15, -0.1) is 0 Å². The number of rotatable bonds is 13. The van der Waals surface area contributed by atoms with E-state index in [1.807, 2.05) is 16.8 Å². The lowest BCUT2D eigenvalue weighted by Crippen LogP contribution is -2.18. The van der Waals surface area contributed by atoms with E-state index in [0.717, 1.165) is 25.1 Å². The summed E-state index contributed by atoms with van der Waals surface area (Å²) in [4.78, 5) is 4.09. The van der Waals surface area contributed by atoms with Crippen molar-refractivity contribution in [1.82, 2.24) is 9.55 Å². The Morgan fingerprint density at radius 2 is 1.81 bits per heavy atom. The van der Waals surface area contributed by atoms with E-state index in [0.29, 0.717) is 0 Å². The molecule has 26 heavy (non-hydrogen) atoms. The quantitative estimate of drug-likeness (QED) is 0.419. The fourth-order valence-electron chi connectivity index (χ4n) is 2.86. The SMILES string of the molecule is CCCCCCCCCOC(/C=C/c1ccc(F)cc1)Cn1ccnc1. The molecule has 1 atom stereocenters. The predicted octanol–water partition coefficient (Wildman–Crippen LogP) is 5.87. The summed E-state index contributed by atoms with van der Waals surface area (Å²) in [6, 6.07) is 6.50. The molecule has 0 aliphatic carbocycles. The van der Waals surface area contributed by atoms with E-state index in [1.54, 1.807) is 24.7 Å². The zero-order chi connectivity index (χ0) is 18.5. The molecule has 0 saturated carbocycles. The van der Waals surface area contributed by atoms with E-state index in [9.17, 15) is 4.39 Å². The zero-order valence-electron chi connectivity index (χ0n) is 15.8. The smallest absolute Gasteiger partial charge is 0.123 e. The van der Waals surface area contributed by atoms with Crippen molar-refractivity contribution in [3.63, 3.8) is 0 Å². The van der Waals surface area contributed by atoms with Crippen molar-refractivity contribution in [3.05, 3.63) is 60.4 Å². The van der Waals surface area contributed by atoms with Crippen LogP contribution in [-0.2, 0) is 11.3 Å². The van der Waals surface area contributed by atoms with Crippen LogP contribution in [0.1, 0.15) is 57.4 Å². The summed E-state index contributed by atoms with van der Waals surface area (Å²) in [5, 5.41) is 0. The van der Waals surface area contributed by atoms with Crippen molar-refractivity contribution in [2.75, 3.05) is 6.61 Å². The highest BCUT2D eigenvalue weighted by molar-refractivity contribution is 5.49. The highest BCUT2D eigenvalue weighted by Gasteiger charge is 2.06. The van der Waals surface area contributed by atoms with Gasteiger partial charge in [0.05, 0.1) is 19.0 Å². The predicted molar refractivity (Wildman–Crippen MR) is 105 cm³/mol. The van der Waals surface area contributed by atoms with E-state index < -0.39 is 0 Å². The molecule has 0 aliphatic rings. The minimum atomic E-state index is -0.215. The average molecular weight is 359 g/mol. The number of nitrogens with zero attached hydrogens (tertiary/aromatic N) is 2. The lowest BCUT2D eigenvalue weighted by molar-refractivity contribution is 0.0710. The van der Waals surface area contributed by atoms with Crippen LogP contribution in [0.15, 0.2) is 49.1 Å². The lowest BCUT2D eigenvalue weighted by atomic mass is 10.1. The highest BCUT2D eigenvalue weighted by atomic mass is 19.1. The van der Waals surface area contributed by atoms with Gasteiger partial charge in [-0.1, -0.05) is 69.7 Å². The van der Waals surface area contributed by atoms with Crippen molar-refractivity contribution in [1.29, 1.82) is 0 Å². The Morgan fingerprint density at radius 3 is 2.50 bits per heavy atom. The van der Waals surface area contributed by atoms with Crippen LogP contribution in [0.3, 0.4) is 0 Å². The average Bonchev–Trinajstić information content (AvgIpc) is 3.16. The number of unbranched alkanes of at least 4 members (excludes halogenated alkanes) is 6. The molecule has 1 unspecified atom stereocenters. The maximum Gasteiger partial charge on any atom is 0.123 e. The van der Waals surface area contributed by atoms with Gasteiger partial charge in [-0.05, 0) is 24.1 Å². The molecule has 0 fully saturated rings. The first-order valence-electron chi connectivity index (χ1n) is 9.79. The fourth-order valence-corrected chi connectivity index (χ4v) is 2.86. The van der Waals surface area contributed by atoms with E-state index in [2.05, 4.69) is 18.0 Å². The standard InChI is InChI=1S/C22H31FN2O/c1-2-3-4-5-6-7-8-17-26-22(18-25-16-15-24-19-25)14-11-20-9-12-21(23)13-10-20/h9-16,19,22H,2-8,17-18H2,1H3/b14-11+. The Kier molecular flexibility index (Phi) is 9.73. The van der Waals surface area contributed by atoms with Crippen LogP contribution in [0.4, 0.5) is 4.39 Å². The molecule has 0 N–H and O–H groups in total. The third-order valence-corrected chi connectivity index (χ3v) is 4.40. The number of hydrogen-bond acceptors (Lipinski definition) is 2. The number of ether oxygens (including phenoxy) is 1. The second-order valence-electron chi connectivity index (χ2n) is 6.70. The third-order valence-electron chi connectivity index (χ3n) is 4.40. The van der Waals surface area contributed by atoms with Gasteiger partial charge in [0.2, 0.25) is 0 Å². The van der Waals surface area contributed by atoms with Crippen LogP contribution in [-0.4, -0.2) is 22.3 Å². The molecule has 0 saturated heterocycles. The van der Waals surface area contributed by atoms with Gasteiger partial charge in [0.15, 0.2) is 0 Å². The molecule has 3 nitrogen and oxygen atoms in total. The lowest BCUT2D eigenvalue weighted by Gasteiger charge is -2.15. The number of halogens is 1. The molecule has 0 radical (unpaired) electrons. The molecule has 0 bridgehead atoms. The van der Waals surface area contributed by atoms with Crippen molar-refractivity contribution in [2.24, 2.45) is 0 Å². The summed E-state index contributed by atoms with van der Waals surface area (Å²) in [6.07, 6.45) is 18.5. The Hall–Kier alpha value is -1.94. The Morgan fingerprint density at radius 1 is 1.08 bits per heavy atom. The van der Waals surface area contributed by atoms with Crippen LogP contribution in [0.5, 0.6) is 0 Å². The number of imidazole rings is 1. The van der Waals surface area contributed by atoms with E-state index in [4.69, 9.17) is 4.74 Å². The molecular formula is C22H31FN2O. The van der Waals surface area contributed by atoms with Crippen LogP contribution < -0.4 is 0 Å². The van der Waals surface area contributed by atoms with E-state index >= 15 is 0 Å². The van der Waals surface area contributed by atoms with Crippen molar-refractivity contribution < 1.29 is 9.13 Å². The molecule has 142 valence electrons. The first-order valence-corrected chi connectivity index (χ1v) is 9.79. The molecule has 2 rings (SSSR count). The van der Waals surface area contributed by atoms with Gasteiger partial charge in [-0.2, -0.15) is 0 Å². The minimum absolute atomic E-state index is 0.0191. The normalized spacial score (nSPS) is 12.7. The molecule has 0 amide bonds. The van der Waals surface area contributed by atoms with Crippen LogP contribution in [0.25, 0.3) is 6.08 Å². The molecule has 1 aromatic carbocycles. The zero-order valence-corrected chi connectivity index (χ0v) is 15.8. The van der Waals surface area contributed by atoms with E-state index in [-0.39, 0.29) is 11.9 Å². The summed E-state index contributed by atoms with van der Waals surface area (Å²) < 4.78 is 21.1. The second-order valence-corrected chi connectivity index (χ2v) is 6.70. The van der Waals surface area contributed by atoms with Gasteiger partial charge in [-0.25, -0.2) is 9.37 Å². The second kappa shape index (κ2) is 12.4. The molecule has 1 heterocycles. The Labute approximate surface area is 156 Å². The molecule has 2 aromatic rings. The maximum atomic E-state index is 13.0. The van der Waals surface area contributed by atoms with Crippen LogP contribution >= 0.6 is 0 Å². The highest BCUT2D eigenvalue weighted by Crippen LogP contribution is 2.10. The summed E-state index contributed by atoms with van der Waals surface area (Å²) in [7, 11) is 0. The largest absolute Gasteiger partial charge is 0.372 e. The monoisotopic (exact) mass is 358 g/mol. The van der Waals surface area contributed by atoms with Gasteiger partial charge in [0, 0.05) is 19.0 Å². The summed E-state index contributed by atoms with van der Waals surface area (Å²) >= 11 is 0. The summed E-state index contributed by atoms with van der Waals surface area (Å²) in [6.45, 7) is 3.74. The molecule has 1 aromatic heterocycles. The molecule has 0 spiro atoms.